The molecule has 2 aliphatic rings. The molecule has 2 fully saturated rings. The Balaban J connectivity index is 1.56. The summed E-state index contributed by atoms with van der Waals surface area (Å²) >= 11 is 0. The standard InChI is InChI=1S/C20H22N6O3/c1-24(20(27)28)13-5-3-12(4-6-13)17-22-18-16(9-21-25(18)2)19(23-17)26-10-14-7-8-15(11-26)29-14/h3-6,9,14-15H,7-8,10-11H2,1-2H3,(H,27,28). The van der Waals surface area contributed by atoms with E-state index in [1.807, 2.05) is 25.4 Å². The summed E-state index contributed by atoms with van der Waals surface area (Å²) in [4.78, 5) is 24.2. The van der Waals surface area contributed by atoms with E-state index in [2.05, 4.69) is 10.00 Å². The fraction of sp³-hybridized carbons (Fsp3) is 0.400. The fourth-order valence-electron chi connectivity index (χ4n) is 4.11. The normalized spacial score (nSPS) is 21.0. The molecule has 3 aromatic rings. The highest BCUT2D eigenvalue weighted by molar-refractivity contribution is 5.89. The minimum atomic E-state index is -1.01. The Kier molecular flexibility index (Phi) is 4.13. The number of benzene rings is 1. The van der Waals surface area contributed by atoms with Crippen LogP contribution in [0.15, 0.2) is 30.5 Å². The van der Waals surface area contributed by atoms with Crippen LogP contribution in [-0.4, -0.2) is 63.3 Å². The Morgan fingerprint density at radius 2 is 1.86 bits per heavy atom. The lowest BCUT2D eigenvalue weighted by atomic mass is 10.1. The third-order valence-corrected chi connectivity index (χ3v) is 5.71. The van der Waals surface area contributed by atoms with Crippen LogP contribution >= 0.6 is 0 Å². The van der Waals surface area contributed by atoms with Crippen molar-refractivity contribution in [2.45, 2.75) is 25.0 Å². The number of nitrogens with zero attached hydrogens (tertiary/aromatic N) is 6. The summed E-state index contributed by atoms with van der Waals surface area (Å²) in [6.07, 6.45) is 3.50. The SMILES string of the molecule is CN(C(=O)O)c1ccc(-c2nc(N3CC4CCC(C3)O4)c3cnn(C)c3n2)cc1. The highest BCUT2D eigenvalue weighted by Gasteiger charge is 2.35. The van der Waals surface area contributed by atoms with Crippen molar-refractivity contribution in [2.75, 3.05) is 29.9 Å². The van der Waals surface area contributed by atoms with Crippen molar-refractivity contribution in [3.63, 3.8) is 0 Å². The van der Waals surface area contributed by atoms with E-state index in [0.29, 0.717) is 11.5 Å². The maximum absolute atomic E-state index is 11.2. The van der Waals surface area contributed by atoms with Crippen molar-refractivity contribution in [3.8, 4) is 11.4 Å². The molecule has 0 saturated carbocycles. The van der Waals surface area contributed by atoms with Gasteiger partial charge in [0.2, 0.25) is 0 Å². The second-order valence-electron chi connectivity index (χ2n) is 7.63. The van der Waals surface area contributed by atoms with E-state index in [0.717, 1.165) is 48.3 Å². The summed E-state index contributed by atoms with van der Waals surface area (Å²) < 4.78 is 7.73. The molecule has 1 N–H and O–H groups in total. The van der Waals surface area contributed by atoms with Gasteiger partial charge in [0, 0.05) is 38.4 Å². The van der Waals surface area contributed by atoms with Gasteiger partial charge in [-0.1, -0.05) is 0 Å². The molecular weight excluding hydrogens is 372 g/mol. The zero-order chi connectivity index (χ0) is 20.1. The van der Waals surface area contributed by atoms with Gasteiger partial charge >= 0.3 is 6.09 Å². The summed E-state index contributed by atoms with van der Waals surface area (Å²) in [5.74, 6) is 1.48. The van der Waals surface area contributed by atoms with Crippen molar-refractivity contribution in [1.29, 1.82) is 0 Å². The molecule has 4 heterocycles. The minimum Gasteiger partial charge on any atom is -0.465 e. The maximum Gasteiger partial charge on any atom is 0.411 e. The quantitative estimate of drug-likeness (QED) is 0.729. The van der Waals surface area contributed by atoms with Crippen LogP contribution in [0.5, 0.6) is 0 Å². The molecule has 2 aromatic heterocycles. The first-order valence-electron chi connectivity index (χ1n) is 9.67. The predicted octanol–water partition coefficient (Wildman–Crippen LogP) is 2.51. The monoisotopic (exact) mass is 394 g/mol. The van der Waals surface area contributed by atoms with Gasteiger partial charge in [-0.3, -0.25) is 9.58 Å². The molecule has 1 amide bonds. The number of fused-ring (bicyclic) bond motifs is 3. The second-order valence-corrected chi connectivity index (χ2v) is 7.63. The van der Waals surface area contributed by atoms with Crippen LogP contribution in [0, 0.1) is 0 Å². The smallest absolute Gasteiger partial charge is 0.411 e. The van der Waals surface area contributed by atoms with Gasteiger partial charge in [0.25, 0.3) is 0 Å². The number of anilines is 2. The average molecular weight is 394 g/mol. The van der Waals surface area contributed by atoms with E-state index < -0.39 is 6.09 Å². The molecular formula is C20H22N6O3. The van der Waals surface area contributed by atoms with Gasteiger partial charge in [0.1, 0.15) is 5.82 Å². The molecule has 2 unspecified atom stereocenters. The highest BCUT2D eigenvalue weighted by atomic mass is 16.5. The Labute approximate surface area is 167 Å². The fourth-order valence-corrected chi connectivity index (χ4v) is 4.11. The largest absolute Gasteiger partial charge is 0.465 e. The second kappa shape index (κ2) is 6.70. The van der Waals surface area contributed by atoms with Crippen molar-refractivity contribution < 1.29 is 14.6 Å². The first-order chi connectivity index (χ1) is 14.0. The van der Waals surface area contributed by atoms with Gasteiger partial charge in [-0.25, -0.2) is 14.8 Å². The zero-order valence-corrected chi connectivity index (χ0v) is 16.3. The lowest BCUT2D eigenvalue weighted by Gasteiger charge is -2.33. The number of carbonyl (C=O) groups is 1. The van der Waals surface area contributed by atoms with Gasteiger partial charge in [-0.05, 0) is 37.1 Å². The Morgan fingerprint density at radius 1 is 1.17 bits per heavy atom. The molecule has 1 aromatic carbocycles. The Hall–Kier alpha value is -3.20. The van der Waals surface area contributed by atoms with Crippen LogP contribution in [-0.2, 0) is 11.8 Å². The van der Waals surface area contributed by atoms with Crippen molar-refractivity contribution in [3.05, 3.63) is 30.5 Å². The number of aryl methyl sites for hydroxylation is 1. The number of aromatic nitrogens is 4. The number of carboxylic acid groups (broad SMARTS) is 1. The lowest BCUT2D eigenvalue weighted by Crippen LogP contribution is -2.43. The molecule has 150 valence electrons. The van der Waals surface area contributed by atoms with E-state index in [1.54, 1.807) is 16.8 Å². The summed E-state index contributed by atoms with van der Waals surface area (Å²) in [6.45, 7) is 1.64. The van der Waals surface area contributed by atoms with E-state index in [1.165, 1.54) is 11.9 Å². The van der Waals surface area contributed by atoms with Gasteiger partial charge in [0.15, 0.2) is 11.5 Å². The molecule has 0 radical (unpaired) electrons. The summed E-state index contributed by atoms with van der Waals surface area (Å²) in [5.41, 5.74) is 2.19. The lowest BCUT2D eigenvalue weighted by molar-refractivity contribution is 0.0303. The van der Waals surface area contributed by atoms with Crippen LogP contribution < -0.4 is 9.80 Å². The van der Waals surface area contributed by atoms with Crippen LogP contribution in [0.1, 0.15) is 12.8 Å². The third-order valence-electron chi connectivity index (χ3n) is 5.71. The number of ether oxygens (including phenoxy) is 1. The molecule has 9 heteroatoms. The Bertz CT molecular complexity index is 1070. The third kappa shape index (κ3) is 3.07. The first kappa shape index (κ1) is 17.9. The van der Waals surface area contributed by atoms with Crippen molar-refractivity contribution in [2.24, 2.45) is 7.05 Å². The topological polar surface area (TPSA) is 96.6 Å². The molecule has 0 aliphatic carbocycles. The molecule has 0 spiro atoms. The minimum absolute atomic E-state index is 0.254. The molecule has 2 aliphatic heterocycles. The highest BCUT2D eigenvalue weighted by Crippen LogP contribution is 2.33. The van der Waals surface area contributed by atoms with Gasteiger partial charge < -0.3 is 14.7 Å². The predicted molar refractivity (Wildman–Crippen MR) is 108 cm³/mol. The zero-order valence-electron chi connectivity index (χ0n) is 16.3. The maximum atomic E-state index is 11.2. The molecule has 5 rings (SSSR count). The average Bonchev–Trinajstić information content (AvgIpc) is 3.28. The van der Waals surface area contributed by atoms with Crippen LogP contribution in [0.4, 0.5) is 16.3 Å². The number of amides is 1. The van der Waals surface area contributed by atoms with Crippen molar-refractivity contribution >= 4 is 28.6 Å². The molecule has 29 heavy (non-hydrogen) atoms. The van der Waals surface area contributed by atoms with Gasteiger partial charge in [0.05, 0.1) is 23.8 Å². The number of hydrogen-bond acceptors (Lipinski definition) is 6. The molecule has 2 saturated heterocycles. The summed E-state index contributed by atoms with van der Waals surface area (Å²) in [6, 6.07) is 7.21. The van der Waals surface area contributed by atoms with Gasteiger partial charge in [-0.2, -0.15) is 5.10 Å². The molecule has 2 bridgehead atoms. The Morgan fingerprint density at radius 3 is 2.52 bits per heavy atom. The first-order valence-corrected chi connectivity index (χ1v) is 9.67. The summed E-state index contributed by atoms with van der Waals surface area (Å²) in [7, 11) is 3.39. The number of hydrogen-bond donors (Lipinski definition) is 1. The van der Waals surface area contributed by atoms with Crippen LogP contribution in [0.25, 0.3) is 22.4 Å². The molecule has 2 atom stereocenters. The van der Waals surface area contributed by atoms with E-state index >= 15 is 0 Å². The van der Waals surface area contributed by atoms with Crippen LogP contribution in [0.3, 0.4) is 0 Å². The summed E-state index contributed by atoms with van der Waals surface area (Å²) in [5, 5.41) is 14.5. The van der Waals surface area contributed by atoms with Gasteiger partial charge in [-0.15, -0.1) is 0 Å². The number of rotatable bonds is 3. The van der Waals surface area contributed by atoms with E-state index in [9.17, 15) is 4.79 Å². The van der Waals surface area contributed by atoms with E-state index in [4.69, 9.17) is 19.8 Å². The number of morpholine rings is 1. The molecule has 9 nitrogen and oxygen atoms in total. The van der Waals surface area contributed by atoms with Crippen molar-refractivity contribution in [1.82, 2.24) is 19.7 Å². The van der Waals surface area contributed by atoms with Crippen LogP contribution in [0.2, 0.25) is 0 Å². The van der Waals surface area contributed by atoms with E-state index in [-0.39, 0.29) is 12.2 Å².